The predicted octanol–water partition coefficient (Wildman–Crippen LogP) is 4.50. The molecule has 1 aromatic carbocycles. The number of carbonyl (C=O) groups excluding carboxylic acids is 1. The van der Waals surface area contributed by atoms with E-state index in [0.29, 0.717) is 5.92 Å². The van der Waals surface area contributed by atoms with Gasteiger partial charge in [-0.25, -0.2) is 4.79 Å². The molecule has 1 aromatic rings. The van der Waals surface area contributed by atoms with Crippen LogP contribution in [-0.2, 0) is 0 Å². The summed E-state index contributed by atoms with van der Waals surface area (Å²) in [4.78, 5) is 14.4. The molecule has 0 spiro atoms. The molecule has 1 aliphatic heterocycles. The third-order valence-corrected chi connectivity index (χ3v) is 6.18. The number of rotatable bonds is 4. The molecule has 3 rings (SSSR count). The maximum Gasteiger partial charge on any atom is 0.317 e. The van der Waals surface area contributed by atoms with Crippen LogP contribution in [0.1, 0.15) is 69.5 Å². The van der Waals surface area contributed by atoms with Gasteiger partial charge in [0.2, 0.25) is 0 Å². The fraction of sp³-hybridized carbons (Fsp3) is 0.682. The fourth-order valence-corrected chi connectivity index (χ4v) is 4.43. The first-order valence-electron chi connectivity index (χ1n) is 10.5. The highest BCUT2D eigenvalue weighted by Crippen LogP contribution is 2.30. The Bertz CT molecular complexity index is 532. The largest absolute Gasteiger partial charge is 0.388 e. The van der Waals surface area contributed by atoms with Crippen molar-refractivity contribution in [3.8, 4) is 0 Å². The Kier molecular flexibility index (Phi) is 7.36. The number of benzene rings is 1. The molecule has 0 aromatic heterocycles. The predicted molar refractivity (Wildman–Crippen MR) is 105 cm³/mol. The van der Waals surface area contributed by atoms with Crippen LogP contribution in [0.2, 0.25) is 0 Å². The molecule has 2 N–H and O–H groups in total. The van der Waals surface area contributed by atoms with Gasteiger partial charge in [0.15, 0.2) is 0 Å². The zero-order chi connectivity index (χ0) is 18.2. The minimum Gasteiger partial charge on any atom is -0.388 e. The van der Waals surface area contributed by atoms with Crippen molar-refractivity contribution < 1.29 is 9.90 Å². The second-order valence-electron chi connectivity index (χ2n) is 8.08. The highest BCUT2D eigenvalue weighted by Gasteiger charge is 2.28. The Morgan fingerprint density at radius 3 is 2.27 bits per heavy atom. The highest BCUT2D eigenvalue weighted by atomic mass is 16.3. The van der Waals surface area contributed by atoms with Crippen molar-refractivity contribution in [1.82, 2.24) is 10.2 Å². The van der Waals surface area contributed by atoms with Crippen molar-refractivity contribution >= 4 is 6.03 Å². The third kappa shape index (κ3) is 5.47. The number of nitrogens with zero attached hydrogens (tertiary/aromatic N) is 1. The first-order valence-corrected chi connectivity index (χ1v) is 10.5. The van der Waals surface area contributed by atoms with Gasteiger partial charge in [0.05, 0.1) is 6.10 Å². The van der Waals surface area contributed by atoms with Crippen LogP contribution in [0.25, 0.3) is 0 Å². The average molecular weight is 359 g/mol. The van der Waals surface area contributed by atoms with Gasteiger partial charge in [-0.3, -0.25) is 0 Å². The van der Waals surface area contributed by atoms with E-state index in [1.807, 2.05) is 35.2 Å². The summed E-state index contributed by atoms with van der Waals surface area (Å²) in [5.41, 5.74) is 0.986. The zero-order valence-electron chi connectivity index (χ0n) is 15.9. The molecule has 144 valence electrons. The van der Waals surface area contributed by atoms with Gasteiger partial charge in [0.25, 0.3) is 0 Å². The quantitative estimate of drug-likeness (QED) is 0.832. The molecule has 4 nitrogen and oxygen atoms in total. The monoisotopic (exact) mass is 358 g/mol. The van der Waals surface area contributed by atoms with Crippen LogP contribution in [0.5, 0.6) is 0 Å². The zero-order valence-corrected chi connectivity index (χ0v) is 15.9. The molecule has 1 saturated carbocycles. The lowest BCUT2D eigenvalue weighted by Crippen LogP contribution is -2.46. The molecule has 26 heavy (non-hydrogen) atoms. The van der Waals surface area contributed by atoms with Crippen molar-refractivity contribution in [2.45, 2.75) is 63.9 Å². The summed E-state index contributed by atoms with van der Waals surface area (Å²) in [5, 5.41) is 13.7. The van der Waals surface area contributed by atoms with E-state index in [4.69, 9.17) is 0 Å². The summed E-state index contributed by atoms with van der Waals surface area (Å²) in [7, 11) is 0. The number of hydrogen-bond donors (Lipinski definition) is 2. The third-order valence-electron chi connectivity index (χ3n) is 6.18. The topological polar surface area (TPSA) is 52.6 Å². The molecule has 0 unspecified atom stereocenters. The van der Waals surface area contributed by atoms with Crippen LogP contribution >= 0.6 is 0 Å². The van der Waals surface area contributed by atoms with Gasteiger partial charge >= 0.3 is 6.03 Å². The van der Waals surface area contributed by atoms with Crippen molar-refractivity contribution in [2.75, 3.05) is 19.6 Å². The molecule has 1 saturated heterocycles. The summed E-state index contributed by atoms with van der Waals surface area (Å²) in [6.45, 7) is 2.31. The molecule has 0 bridgehead atoms. The number of amides is 2. The number of carbonyl (C=O) groups is 1. The molecule has 0 radical (unpaired) electrons. The Hall–Kier alpha value is -1.55. The Morgan fingerprint density at radius 2 is 1.62 bits per heavy atom. The number of likely N-dealkylation sites (tertiary alicyclic amines) is 1. The van der Waals surface area contributed by atoms with E-state index in [2.05, 4.69) is 5.32 Å². The van der Waals surface area contributed by atoms with E-state index < -0.39 is 6.10 Å². The highest BCUT2D eigenvalue weighted by molar-refractivity contribution is 5.74. The van der Waals surface area contributed by atoms with Gasteiger partial charge in [-0.15, -0.1) is 0 Å². The van der Waals surface area contributed by atoms with E-state index in [1.165, 1.54) is 44.9 Å². The van der Waals surface area contributed by atoms with E-state index in [1.54, 1.807) is 0 Å². The maximum absolute atomic E-state index is 12.5. The van der Waals surface area contributed by atoms with Crippen LogP contribution in [0.15, 0.2) is 30.3 Å². The molecule has 4 heteroatoms. The molecular formula is C22H34N2O2. The molecule has 2 aliphatic rings. The number of piperidine rings is 1. The van der Waals surface area contributed by atoms with Crippen LogP contribution in [0, 0.1) is 11.8 Å². The van der Waals surface area contributed by atoms with Gasteiger partial charge in [-0.1, -0.05) is 62.4 Å². The number of hydrogen-bond acceptors (Lipinski definition) is 2. The summed E-state index contributed by atoms with van der Waals surface area (Å²) < 4.78 is 0. The van der Waals surface area contributed by atoms with Crippen LogP contribution in [-0.4, -0.2) is 35.7 Å². The summed E-state index contributed by atoms with van der Waals surface area (Å²) in [6, 6.07) is 9.96. The Labute approximate surface area is 158 Å². The van der Waals surface area contributed by atoms with Crippen molar-refractivity contribution in [2.24, 2.45) is 11.8 Å². The summed E-state index contributed by atoms with van der Waals surface area (Å²) in [6.07, 6.45) is 10.5. The van der Waals surface area contributed by atoms with Crippen LogP contribution in [0.3, 0.4) is 0 Å². The van der Waals surface area contributed by atoms with E-state index in [9.17, 15) is 9.90 Å². The lowest BCUT2D eigenvalue weighted by Gasteiger charge is -2.34. The number of urea groups is 1. The lowest BCUT2D eigenvalue weighted by molar-refractivity contribution is 0.0663. The second kappa shape index (κ2) is 9.96. The summed E-state index contributed by atoms with van der Waals surface area (Å²) in [5.74, 6) is 0.892. The van der Waals surface area contributed by atoms with E-state index >= 15 is 0 Å². The van der Waals surface area contributed by atoms with Gasteiger partial charge in [0, 0.05) is 19.6 Å². The van der Waals surface area contributed by atoms with Crippen LogP contribution < -0.4 is 5.32 Å². The minimum atomic E-state index is -0.420. The van der Waals surface area contributed by atoms with Crippen molar-refractivity contribution in [3.63, 3.8) is 0 Å². The second-order valence-corrected chi connectivity index (χ2v) is 8.08. The summed E-state index contributed by atoms with van der Waals surface area (Å²) >= 11 is 0. The van der Waals surface area contributed by atoms with Crippen molar-refractivity contribution in [3.05, 3.63) is 35.9 Å². The maximum atomic E-state index is 12.5. The van der Waals surface area contributed by atoms with Gasteiger partial charge in [-0.2, -0.15) is 0 Å². The molecular weight excluding hydrogens is 324 g/mol. The normalized spacial score (nSPS) is 21.7. The van der Waals surface area contributed by atoms with Gasteiger partial charge in [-0.05, 0) is 43.1 Å². The average Bonchev–Trinajstić information content (AvgIpc) is 2.67. The molecule has 1 heterocycles. The van der Waals surface area contributed by atoms with Crippen molar-refractivity contribution in [1.29, 1.82) is 0 Å². The van der Waals surface area contributed by atoms with Gasteiger partial charge in [0.1, 0.15) is 0 Å². The minimum absolute atomic E-state index is 0.0831. The molecule has 2 fully saturated rings. The van der Waals surface area contributed by atoms with E-state index in [0.717, 1.165) is 38.0 Å². The molecule has 1 atom stereocenters. The number of nitrogens with one attached hydrogen (secondary N) is 1. The van der Waals surface area contributed by atoms with Gasteiger partial charge < -0.3 is 15.3 Å². The fourth-order valence-electron chi connectivity index (χ4n) is 4.43. The number of aliphatic hydroxyl groups excluding tert-OH is 1. The number of aliphatic hydroxyl groups is 1. The Balaban J connectivity index is 1.40. The molecule has 1 aliphatic carbocycles. The first kappa shape index (κ1) is 19.2. The van der Waals surface area contributed by atoms with E-state index in [-0.39, 0.29) is 11.9 Å². The standard InChI is InChI=1S/C22H34N2O2/c25-21(19-11-7-4-8-12-19)20-13-15-24(16-14-20)22(26)23-17-18-9-5-2-1-3-6-10-18/h4,7-8,11-12,18,20-21,25H,1-3,5-6,9-10,13-17H2,(H,23,26)/t21-/m1/s1. The Morgan fingerprint density at radius 1 is 1.00 bits per heavy atom. The van der Waals surface area contributed by atoms with Crippen LogP contribution in [0.4, 0.5) is 4.79 Å². The SMILES string of the molecule is O=C(NCC1CCCCCCC1)N1CCC([C@H](O)c2ccccc2)CC1. The lowest BCUT2D eigenvalue weighted by atomic mass is 9.87. The molecule has 2 amide bonds. The smallest absolute Gasteiger partial charge is 0.317 e. The first-order chi connectivity index (χ1) is 12.7.